The van der Waals surface area contributed by atoms with Gasteiger partial charge in [0.25, 0.3) is 0 Å². The van der Waals surface area contributed by atoms with E-state index in [-0.39, 0.29) is 19.2 Å². The lowest BCUT2D eigenvalue weighted by Crippen LogP contribution is -2.42. The number of amides is 2. The lowest BCUT2D eigenvalue weighted by Gasteiger charge is -2.20. The number of nitrogens with zero attached hydrogens (tertiary/aromatic N) is 3. The number of ether oxygens (including phenoxy) is 1. The summed E-state index contributed by atoms with van der Waals surface area (Å²) in [7, 11) is 3.15. The molecule has 0 aliphatic rings. The topological polar surface area (TPSA) is 79.6 Å². The first kappa shape index (κ1) is 18.0. The van der Waals surface area contributed by atoms with Gasteiger partial charge in [-0.3, -0.25) is 0 Å². The minimum absolute atomic E-state index is 0.205. The van der Waals surface area contributed by atoms with E-state index in [2.05, 4.69) is 10.4 Å². The Labute approximate surface area is 141 Å². The summed E-state index contributed by atoms with van der Waals surface area (Å²) in [5.74, 6) is 0. The Morgan fingerprint density at radius 1 is 1.42 bits per heavy atom. The van der Waals surface area contributed by atoms with Gasteiger partial charge in [0.15, 0.2) is 0 Å². The number of carbonyl (C=O) groups excluding carboxylic acids is 1. The van der Waals surface area contributed by atoms with Gasteiger partial charge in [0.2, 0.25) is 0 Å². The number of aliphatic hydroxyl groups is 1. The first-order valence-corrected chi connectivity index (χ1v) is 7.85. The van der Waals surface area contributed by atoms with Gasteiger partial charge in [-0.25, -0.2) is 9.48 Å². The molecule has 2 amide bonds. The minimum atomic E-state index is -0.685. The van der Waals surface area contributed by atoms with Crippen molar-refractivity contribution in [2.24, 2.45) is 0 Å². The third-order valence-electron chi connectivity index (χ3n) is 3.54. The van der Waals surface area contributed by atoms with Crippen LogP contribution in [0.4, 0.5) is 4.79 Å². The Balaban J connectivity index is 1.76. The van der Waals surface area contributed by atoms with Gasteiger partial charge < -0.3 is 20.1 Å². The maximum absolute atomic E-state index is 11.9. The fourth-order valence-electron chi connectivity index (χ4n) is 2.30. The highest BCUT2D eigenvalue weighted by atomic mass is 16.5. The standard InChI is InChI=1S/C17H24N4O3/c1-20(12-16(22)13-24-2)17(23)18-9-8-14-10-19-21(11-14)15-6-4-3-5-7-15/h3-7,10-11,16,22H,8-9,12-13H2,1-2H3,(H,18,23)/t16-/m0/s1. The zero-order valence-electron chi connectivity index (χ0n) is 14.1. The molecule has 2 aromatic rings. The molecule has 0 saturated heterocycles. The number of aliphatic hydroxyl groups excluding tert-OH is 1. The Hall–Kier alpha value is -2.38. The average Bonchev–Trinajstić information content (AvgIpc) is 3.04. The van der Waals surface area contributed by atoms with Gasteiger partial charge in [0.05, 0.1) is 31.1 Å². The number of hydrogen-bond acceptors (Lipinski definition) is 4. The van der Waals surface area contributed by atoms with E-state index in [0.717, 1.165) is 11.3 Å². The number of aromatic nitrogens is 2. The number of likely N-dealkylation sites (N-methyl/N-ethyl adjacent to an activating group) is 1. The van der Waals surface area contributed by atoms with Crippen LogP contribution in [0.3, 0.4) is 0 Å². The van der Waals surface area contributed by atoms with E-state index in [4.69, 9.17) is 4.74 Å². The number of methoxy groups -OCH3 is 1. The van der Waals surface area contributed by atoms with Crippen LogP contribution in [0.15, 0.2) is 42.7 Å². The Bertz CT molecular complexity index is 630. The van der Waals surface area contributed by atoms with Crippen LogP contribution in [0.2, 0.25) is 0 Å². The van der Waals surface area contributed by atoms with Crippen molar-refractivity contribution >= 4 is 6.03 Å². The predicted molar refractivity (Wildman–Crippen MR) is 91.2 cm³/mol. The summed E-state index contributed by atoms with van der Waals surface area (Å²) < 4.78 is 6.65. The molecule has 130 valence electrons. The Morgan fingerprint density at radius 3 is 2.88 bits per heavy atom. The second-order valence-electron chi connectivity index (χ2n) is 5.60. The van der Waals surface area contributed by atoms with Crippen molar-refractivity contribution in [2.45, 2.75) is 12.5 Å². The zero-order valence-corrected chi connectivity index (χ0v) is 14.1. The smallest absolute Gasteiger partial charge is 0.317 e. The van der Waals surface area contributed by atoms with Gasteiger partial charge in [-0.1, -0.05) is 18.2 Å². The van der Waals surface area contributed by atoms with E-state index >= 15 is 0 Å². The summed E-state index contributed by atoms with van der Waals surface area (Å²) in [6.07, 6.45) is 3.75. The van der Waals surface area contributed by atoms with E-state index in [9.17, 15) is 9.90 Å². The number of benzene rings is 1. The molecule has 2 N–H and O–H groups in total. The summed E-state index contributed by atoms with van der Waals surface area (Å²) in [5.41, 5.74) is 2.04. The molecule has 7 nitrogen and oxygen atoms in total. The van der Waals surface area contributed by atoms with Crippen LogP contribution < -0.4 is 5.32 Å². The SMILES string of the molecule is COC[C@@H](O)CN(C)C(=O)NCCc1cnn(-c2ccccc2)c1. The second kappa shape index (κ2) is 9.05. The summed E-state index contributed by atoms with van der Waals surface area (Å²) in [5, 5.41) is 16.8. The molecular weight excluding hydrogens is 308 g/mol. The van der Waals surface area contributed by atoms with Crippen molar-refractivity contribution in [1.29, 1.82) is 0 Å². The van der Waals surface area contributed by atoms with Gasteiger partial charge >= 0.3 is 6.03 Å². The lowest BCUT2D eigenvalue weighted by molar-refractivity contribution is 0.0490. The summed E-state index contributed by atoms with van der Waals surface area (Å²) in [4.78, 5) is 13.4. The number of nitrogens with one attached hydrogen (secondary N) is 1. The predicted octanol–water partition coefficient (Wildman–Crippen LogP) is 1.06. The van der Waals surface area contributed by atoms with Gasteiger partial charge in [-0.15, -0.1) is 0 Å². The van der Waals surface area contributed by atoms with Crippen LogP contribution in [0.25, 0.3) is 5.69 Å². The maximum Gasteiger partial charge on any atom is 0.317 e. The van der Waals surface area contributed by atoms with E-state index < -0.39 is 6.10 Å². The van der Waals surface area contributed by atoms with E-state index in [1.165, 1.54) is 12.0 Å². The molecule has 1 aromatic carbocycles. The largest absolute Gasteiger partial charge is 0.389 e. The molecule has 1 heterocycles. The second-order valence-corrected chi connectivity index (χ2v) is 5.60. The fraction of sp³-hybridized carbons (Fsp3) is 0.412. The fourth-order valence-corrected chi connectivity index (χ4v) is 2.30. The van der Waals surface area contributed by atoms with Crippen molar-refractivity contribution in [2.75, 3.05) is 33.9 Å². The zero-order chi connectivity index (χ0) is 17.4. The van der Waals surface area contributed by atoms with Gasteiger partial charge in [-0.2, -0.15) is 5.10 Å². The van der Waals surface area contributed by atoms with Crippen molar-refractivity contribution in [3.05, 3.63) is 48.3 Å². The van der Waals surface area contributed by atoms with Crippen LogP contribution in [-0.4, -0.2) is 65.8 Å². The van der Waals surface area contributed by atoms with E-state index in [0.29, 0.717) is 13.0 Å². The van der Waals surface area contributed by atoms with Crippen LogP contribution in [0, 0.1) is 0 Å². The molecule has 2 rings (SSSR count). The number of carbonyl (C=O) groups is 1. The molecule has 0 saturated carbocycles. The molecule has 0 fully saturated rings. The Kier molecular flexibility index (Phi) is 6.77. The number of rotatable bonds is 8. The number of urea groups is 1. The van der Waals surface area contributed by atoms with Crippen molar-refractivity contribution < 1.29 is 14.6 Å². The van der Waals surface area contributed by atoms with Gasteiger partial charge in [0, 0.05) is 26.9 Å². The third kappa shape index (κ3) is 5.36. The molecule has 0 aliphatic carbocycles. The van der Waals surface area contributed by atoms with Crippen molar-refractivity contribution in [1.82, 2.24) is 20.0 Å². The van der Waals surface area contributed by atoms with Crippen LogP contribution in [0.1, 0.15) is 5.56 Å². The third-order valence-corrected chi connectivity index (χ3v) is 3.54. The molecule has 1 aromatic heterocycles. The molecular formula is C17H24N4O3. The highest BCUT2D eigenvalue weighted by Gasteiger charge is 2.13. The average molecular weight is 332 g/mol. The first-order valence-electron chi connectivity index (χ1n) is 7.85. The molecule has 0 unspecified atom stereocenters. The van der Waals surface area contributed by atoms with Gasteiger partial charge in [-0.05, 0) is 24.1 Å². The van der Waals surface area contributed by atoms with Crippen molar-refractivity contribution in [3.63, 3.8) is 0 Å². The molecule has 24 heavy (non-hydrogen) atoms. The summed E-state index contributed by atoms with van der Waals surface area (Å²) >= 11 is 0. The first-order chi connectivity index (χ1) is 11.6. The normalized spacial score (nSPS) is 12.0. The highest BCUT2D eigenvalue weighted by Crippen LogP contribution is 2.07. The minimum Gasteiger partial charge on any atom is -0.389 e. The van der Waals surface area contributed by atoms with Crippen LogP contribution in [0.5, 0.6) is 0 Å². The molecule has 0 spiro atoms. The molecule has 0 aliphatic heterocycles. The highest BCUT2D eigenvalue weighted by molar-refractivity contribution is 5.73. The van der Waals surface area contributed by atoms with Gasteiger partial charge in [0.1, 0.15) is 0 Å². The molecule has 0 bridgehead atoms. The number of para-hydroxylation sites is 1. The van der Waals surface area contributed by atoms with Crippen molar-refractivity contribution in [3.8, 4) is 5.69 Å². The summed E-state index contributed by atoms with van der Waals surface area (Å²) in [6, 6.07) is 9.64. The molecule has 1 atom stereocenters. The quantitative estimate of drug-likeness (QED) is 0.758. The Morgan fingerprint density at radius 2 is 2.17 bits per heavy atom. The van der Waals surface area contributed by atoms with Crippen LogP contribution >= 0.6 is 0 Å². The maximum atomic E-state index is 11.9. The molecule has 0 radical (unpaired) electrons. The molecule has 7 heteroatoms. The van der Waals surface area contributed by atoms with Crippen LogP contribution in [-0.2, 0) is 11.2 Å². The summed E-state index contributed by atoms with van der Waals surface area (Å²) in [6.45, 7) is 0.936. The van der Waals surface area contributed by atoms with E-state index in [1.807, 2.05) is 41.2 Å². The lowest BCUT2D eigenvalue weighted by atomic mass is 10.2. The monoisotopic (exact) mass is 332 g/mol. The number of hydrogen-bond donors (Lipinski definition) is 2. The van der Waals surface area contributed by atoms with E-state index in [1.54, 1.807) is 13.2 Å².